The summed E-state index contributed by atoms with van der Waals surface area (Å²) in [6.07, 6.45) is 5.16. The van der Waals surface area contributed by atoms with Crippen molar-refractivity contribution in [1.82, 2.24) is 4.98 Å². The molecule has 2 fully saturated rings. The third-order valence-corrected chi connectivity index (χ3v) is 6.83. The molecule has 3 atom stereocenters. The van der Waals surface area contributed by atoms with Crippen LogP contribution < -0.4 is 20.5 Å². The van der Waals surface area contributed by atoms with Crippen LogP contribution in [-0.2, 0) is 0 Å². The first-order valence-corrected chi connectivity index (χ1v) is 10.1. The number of nitrogen functional groups attached to an aromatic ring is 1. The minimum atomic E-state index is -0.143. The number of thiazole rings is 1. The Bertz CT molecular complexity index is 880. The van der Waals surface area contributed by atoms with E-state index in [0.29, 0.717) is 28.0 Å². The summed E-state index contributed by atoms with van der Waals surface area (Å²) in [5.41, 5.74) is 7.43. The lowest BCUT2D eigenvalue weighted by Crippen LogP contribution is -2.25. The zero-order valence-corrected chi connectivity index (χ0v) is 16.7. The van der Waals surface area contributed by atoms with E-state index < -0.39 is 0 Å². The van der Waals surface area contributed by atoms with E-state index in [4.69, 9.17) is 15.2 Å². The highest BCUT2D eigenvalue weighted by Crippen LogP contribution is 2.46. The number of ether oxygens (including phenoxy) is 2. The van der Waals surface area contributed by atoms with Gasteiger partial charge in [0.05, 0.1) is 14.2 Å². The number of carbonyl (C=O) groups is 1. The lowest BCUT2D eigenvalue weighted by molar-refractivity contribution is 0.104. The Kier molecular flexibility index (Phi) is 4.72. The molecule has 1 heterocycles. The molecular weight excluding hydrogens is 362 g/mol. The first-order chi connectivity index (χ1) is 13.0. The Morgan fingerprint density at radius 2 is 2.07 bits per heavy atom. The van der Waals surface area contributed by atoms with Gasteiger partial charge in [-0.15, -0.1) is 0 Å². The molecule has 2 aliphatic carbocycles. The van der Waals surface area contributed by atoms with Gasteiger partial charge in [-0.05, 0) is 55.7 Å². The van der Waals surface area contributed by atoms with Crippen LogP contribution in [0.15, 0.2) is 12.1 Å². The molecule has 3 N–H and O–H groups in total. The summed E-state index contributed by atoms with van der Waals surface area (Å²) < 4.78 is 10.7. The molecule has 1 aromatic heterocycles. The monoisotopic (exact) mass is 387 g/mol. The fraction of sp³-hybridized carbons (Fsp3) is 0.500. The molecule has 2 aliphatic rings. The highest BCUT2D eigenvalue weighted by molar-refractivity contribution is 7.18. The molecule has 144 valence electrons. The van der Waals surface area contributed by atoms with Crippen molar-refractivity contribution >= 4 is 28.1 Å². The smallest absolute Gasteiger partial charge is 0.206 e. The van der Waals surface area contributed by atoms with Crippen molar-refractivity contribution in [2.45, 2.75) is 38.6 Å². The predicted molar refractivity (Wildman–Crippen MR) is 107 cm³/mol. The number of aryl methyl sites for hydroxylation is 1. The summed E-state index contributed by atoms with van der Waals surface area (Å²) >= 11 is 1.34. The van der Waals surface area contributed by atoms with E-state index in [2.05, 4.69) is 10.3 Å². The van der Waals surface area contributed by atoms with Gasteiger partial charge in [0.2, 0.25) is 5.78 Å². The van der Waals surface area contributed by atoms with Crippen LogP contribution in [0.25, 0.3) is 0 Å². The van der Waals surface area contributed by atoms with E-state index in [1.54, 1.807) is 26.4 Å². The van der Waals surface area contributed by atoms with E-state index in [9.17, 15) is 4.79 Å². The van der Waals surface area contributed by atoms with Crippen molar-refractivity contribution in [2.24, 2.45) is 11.8 Å². The second-order valence-corrected chi connectivity index (χ2v) is 8.52. The summed E-state index contributed by atoms with van der Waals surface area (Å²) in [7, 11) is 3.14. The number of fused-ring (bicyclic) bond motifs is 2. The van der Waals surface area contributed by atoms with E-state index in [1.807, 2.05) is 6.92 Å². The molecule has 2 saturated carbocycles. The van der Waals surface area contributed by atoms with Gasteiger partial charge in [-0.25, -0.2) is 4.98 Å². The highest BCUT2D eigenvalue weighted by atomic mass is 32.1. The van der Waals surface area contributed by atoms with Crippen LogP contribution in [0.2, 0.25) is 0 Å². The van der Waals surface area contributed by atoms with E-state index in [-0.39, 0.29) is 11.6 Å². The van der Waals surface area contributed by atoms with Crippen molar-refractivity contribution in [3.05, 3.63) is 28.1 Å². The Morgan fingerprint density at radius 3 is 2.70 bits per heavy atom. The molecule has 1 aromatic carbocycles. The third-order valence-electron chi connectivity index (χ3n) is 5.83. The summed E-state index contributed by atoms with van der Waals surface area (Å²) in [5, 5.41) is 4.26. The number of anilines is 2. The minimum absolute atomic E-state index is 0.143. The van der Waals surface area contributed by atoms with Gasteiger partial charge in [-0.3, -0.25) is 4.79 Å². The number of carbonyl (C=O) groups excluding carboxylic acids is 1. The van der Waals surface area contributed by atoms with Gasteiger partial charge in [0.15, 0.2) is 16.6 Å². The van der Waals surface area contributed by atoms with Crippen molar-refractivity contribution in [3.63, 3.8) is 0 Å². The van der Waals surface area contributed by atoms with Gasteiger partial charge >= 0.3 is 0 Å². The maximum Gasteiger partial charge on any atom is 0.206 e. The summed E-state index contributed by atoms with van der Waals surface area (Å²) in [4.78, 5) is 17.9. The predicted octanol–water partition coefficient (Wildman–Crippen LogP) is 3.88. The molecule has 7 heteroatoms. The van der Waals surface area contributed by atoms with Crippen LogP contribution >= 0.6 is 11.3 Å². The number of methoxy groups -OCH3 is 2. The molecule has 27 heavy (non-hydrogen) atoms. The Morgan fingerprint density at radius 1 is 1.26 bits per heavy atom. The van der Waals surface area contributed by atoms with Gasteiger partial charge in [-0.1, -0.05) is 17.8 Å². The Hall–Kier alpha value is -2.28. The van der Waals surface area contributed by atoms with E-state index >= 15 is 0 Å². The molecule has 4 rings (SSSR count). The standard InChI is InChI=1S/C20H25N3O3S/c1-10-6-13(9-15(25-2)17(10)26-3)16(24)18-19(21)23-20(27-18)22-14-8-11-4-5-12(14)7-11/h6,9,11-12,14H,4-5,7-8,21H2,1-3H3,(H,22,23)/t11?,12?,14-/m0/s1. The third kappa shape index (κ3) is 3.25. The summed E-state index contributed by atoms with van der Waals surface area (Å²) in [5.74, 6) is 2.88. The van der Waals surface area contributed by atoms with Crippen molar-refractivity contribution < 1.29 is 14.3 Å². The molecule has 0 saturated heterocycles. The quantitative estimate of drug-likeness (QED) is 0.732. The molecule has 2 aromatic rings. The molecule has 0 radical (unpaired) electrons. The molecule has 0 aliphatic heterocycles. The first kappa shape index (κ1) is 18.1. The van der Waals surface area contributed by atoms with Crippen LogP contribution in [0.1, 0.15) is 46.5 Å². The summed E-state index contributed by atoms with van der Waals surface area (Å²) in [6, 6.07) is 3.95. The number of aromatic nitrogens is 1. The van der Waals surface area contributed by atoms with Gasteiger partial charge in [-0.2, -0.15) is 0 Å². The van der Waals surface area contributed by atoms with Gasteiger partial charge in [0.1, 0.15) is 10.7 Å². The Labute approximate surface area is 163 Å². The SMILES string of the molecule is COc1cc(C(=O)c2sc(N[C@H]3CC4CCC3C4)nc2N)cc(C)c1OC. The lowest BCUT2D eigenvalue weighted by Gasteiger charge is -2.22. The molecule has 2 bridgehead atoms. The minimum Gasteiger partial charge on any atom is -0.493 e. The van der Waals surface area contributed by atoms with Crippen LogP contribution in [-0.4, -0.2) is 31.0 Å². The number of nitrogens with zero attached hydrogens (tertiary/aromatic N) is 1. The molecule has 2 unspecified atom stereocenters. The molecule has 0 amide bonds. The average molecular weight is 388 g/mol. The number of ketones is 1. The maximum absolute atomic E-state index is 13.0. The fourth-order valence-electron chi connectivity index (χ4n) is 4.55. The van der Waals surface area contributed by atoms with Gasteiger partial charge < -0.3 is 20.5 Å². The second kappa shape index (κ2) is 7.03. The fourth-order valence-corrected chi connectivity index (χ4v) is 5.46. The van der Waals surface area contributed by atoms with Crippen LogP contribution in [0.5, 0.6) is 11.5 Å². The topological polar surface area (TPSA) is 86.5 Å². The zero-order chi connectivity index (χ0) is 19.1. The number of hydrogen-bond acceptors (Lipinski definition) is 7. The normalized spacial score (nSPS) is 23.4. The zero-order valence-electron chi connectivity index (χ0n) is 15.9. The largest absolute Gasteiger partial charge is 0.493 e. The number of hydrogen-bond donors (Lipinski definition) is 2. The molecule has 6 nitrogen and oxygen atoms in total. The molecule has 0 spiro atoms. The first-order valence-electron chi connectivity index (χ1n) is 9.30. The van der Waals surface area contributed by atoms with E-state index in [0.717, 1.165) is 22.5 Å². The average Bonchev–Trinajstić information content (AvgIpc) is 3.36. The van der Waals surface area contributed by atoms with Crippen molar-refractivity contribution in [2.75, 3.05) is 25.3 Å². The van der Waals surface area contributed by atoms with E-state index in [1.165, 1.54) is 37.0 Å². The van der Waals surface area contributed by atoms with Crippen molar-refractivity contribution in [1.29, 1.82) is 0 Å². The van der Waals surface area contributed by atoms with Crippen LogP contribution in [0.3, 0.4) is 0 Å². The Balaban J connectivity index is 1.57. The molecular formula is C20H25N3O3S. The number of benzene rings is 1. The number of rotatable bonds is 6. The van der Waals surface area contributed by atoms with Gasteiger partial charge in [0.25, 0.3) is 0 Å². The lowest BCUT2D eigenvalue weighted by atomic mass is 9.96. The highest BCUT2D eigenvalue weighted by Gasteiger charge is 2.39. The number of nitrogens with one attached hydrogen (secondary N) is 1. The maximum atomic E-state index is 13.0. The summed E-state index contributed by atoms with van der Waals surface area (Å²) in [6.45, 7) is 1.89. The second-order valence-electron chi connectivity index (χ2n) is 7.52. The van der Waals surface area contributed by atoms with Crippen LogP contribution in [0.4, 0.5) is 10.9 Å². The van der Waals surface area contributed by atoms with Crippen LogP contribution in [0, 0.1) is 18.8 Å². The van der Waals surface area contributed by atoms with Crippen molar-refractivity contribution in [3.8, 4) is 11.5 Å². The number of nitrogens with two attached hydrogens (primary N) is 1. The van der Waals surface area contributed by atoms with Gasteiger partial charge in [0, 0.05) is 11.6 Å².